The fourth-order valence-corrected chi connectivity index (χ4v) is 2.03. The first kappa shape index (κ1) is 9.23. The molecule has 1 aromatic carbocycles. The second kappa shape index (κ2) is 3.81. The van der Waals surface area contributed by atoms with Crippen LogP contribution in [0.3, 0.4) is 0 Å². The van der Waals surface area contributed by atoms with Crippen LogP contribution >= 0.6 is 11.3 Å². The Morgan fingerprint density at radius 3 is 3.14 bits per heavy atom. The fraction of sp³-hybridized carbons (Fsp3) is 0.222. The molecule has 0 saturated heterocycles. The number of thiazole rings is 1. The van der Waals surface area contributed by atoms with Gasteiger partial charge in [-0.05, 0) is 25.1 Å². The Morgan fingerprint density at radius 2 is 2.43 bits per heavy atom. The molecule has 0 unspecified atom stereocenters. The maximum absolute atomic E-state index is 5.38. The Labute approximate surface area is 85.7 Å². The number of hydrogen-bond acceptors (Lipinski definition) is 5. The number of nitrogens with zero attached hydrogens (tertiary/aromatic N) is 1. The van der Waals surface area contributed by atoms with Gasteiger partial charge in [0, 0.05) is 0 Å². The van der Waals surface area contributed by atoms with E-state index in [1.54, 1.807) is 0 Å². The van der Waals surface area contributed by atoms with Gasteiger partial charge in [0.15, 0.2) is 5.13 Å². The monoisotopic (exact) mass is 209 g/mol. The molecule has 2 aromatic rings. The van der Waals surface area contributed by atoms with E-state index in [-0.39, 0.29) is 0 Å². The molecule has 0 saturated carbocycles. The second-order valence-electron chi connectivity index (χ2n) is 2.73. The second-order valence-corrected chi connectivity index (χ2v) is 3.76. The molecule has 0 fully saturated rings. The molecule has 0 aliphatic carbocycles. The number of aromatic nitrogens is 1. The van der Waals surface area contributed by atoms with Gasteiger partial charge < -0.3 is 4.74 Å². The van der Waals surface area contributed by atoms with Crippen LogP contribution in [0, 0.1) is 0 Å². The van der Waals surface area contributed by atoms with Gasteiger partial charge in [-0.1, -0.05) is 11.3 Å². The van der Waals surface area contributed by atoms with E-state index in [1.807, 2.05) is 25.1 Å². The van der Waals surface area contributed by atoms with Crippen LogP contribution in [0.4, 0.5) is 5.13 Å². The molecular weight excluding hydrogens is 198 g/mol. The smallest absolute Gasteiger partial charge is 0.198 e. The van der Waals surface area contributed by atoms with Crippen LogP contribution < -0.4 is 16.0 Å². The van der Waals surface area contributed by atoms with Crippen molar-refractivity contribution in [1.82, 2.24) is 4.98 Å². The number of anilines is 1. The third-order valence-electron chi connectivity index (χ3n) is 1.79. The van der Waals surface area contributed by atoms with Gasteiger partial charge in [0.1, 0.15) is 5.75 Å². The lowest BCUT2D eigenvalue weighted by molar-refractivity contribution is 0.341. The first-order valence-electron chi connectivity index (χ1n) is 4.33. The number of ether oxygens (including phenoxy) is 1. The molecule has 0 amide bonds. The summed E-state index contributed by atoms with van der Waals surface area (Å²) in [5, 5.41) is 0.716. The molecule has 0 radical (unpaired) electrons. The summed E-state index contributed by atoms with van der Waals surface area (Å²) in [5.41, 5.74) is 3.47. The van der Waals surface area contributed by atoms with Crippen molar-refractivity contribution in [3.8, 4) is 5.75 Å². The van der Waals surface area contributed by atoms with Crippen molar-refractivity contribution >= 4 is 26.7 Å². The highest BCUT2D eigenvalue weighted by Crippen LogP contribution is 2.28. The van der Waals surface area contributed by atoms with E-state index in [9.17, 15) is 0 Å². The average Bonchev–Trinajstić information content (AvgIpc) is 2.60. The van der Waals surface area contributed by atoms with E-state index in [2.05, 4.69) is 10.4 Å². The molecule has 74 valence electrons. The highest BCUT2D eigenvalue weighted by molar-refractivity contribution is 7.22. The standard InChI is InChI=1S/C9H11N3OS/c1-2-13-6-3-4-7-8(5-6)14-9(11-7)12-10/h3-5H,2,10H2,1H3,(H,11,12). The molecule has 1 aromatic heterocycles. The normalized spacial score (nSPS) is 10.4. The SMILES string of the molecule is CCOc1ccc2nc(NN)sc2c1. The molecule has 0 bridgehead atoms. The quantitative estimate of drug-likeness (QED) is 0.599. The molecule has 0 aliphatic heterocycles. The predicted octanol–water partition coefficient (Wildman–Crippen LogP) is 1.98. The van der Waals surface area contributed by atoms with E-state index in [0.29, 0.717) is 11.7 Å². The highest BCUT2D eigenvalue weighted by atomic mass is 32.1. The Bertz CT molecular complexity index is 441. The molecular formula is C9H11N3OS. The van der Waals surface area contributed by atoms with Crippen LogP contribution in [0.1, 0.15) is 6.92 Å². The zero-order valence-electron chi connectivity index (χ0n) is 7.78. The molecule has 0 aliphatic rings. The van der Waals surface area contributed by atoms with Gasteiger partial charge in [-0.15, -0.1) is 0 Å². The lowest BCUT2D eigenvalue weighted by Gasteiger charge is -2.00. The summed E-state index contributed by atoms with van der Waals surface area (Å²) in [7, 11) is 0. The minimum atomic E-state index is 0.673. The number of nitrogens with one attached hydrogen (secondary N) is 1. The topological polar surface area (TPSA) is 60.2 Å². The number of rotatable bonds is 3. The summed E-state index contributed by atoms with van der Waals surface area (Å²) in [6.45, 7) is 2.63. The van der Waals surface area contributed by atoms with Crippen molar-refractivity contribution in [2.45, 2.75) is 6.92 Å². The minimum absolute atomic E-state index is 0.673. The van der Waals surface area contributed by atoms with Crippen LogP contribution in [-0.4, -0.2) is 11.6 Å². The maximum atomic E-state index is 5.38. The first-order valence-corrected chi connectivity index (χ1v) is 5.15. The molecule has 0 atom stereocenters. The van der Waals surface area contributed by atoms with Gasteiger partial charge in [0.05, 0.1) is 16.8 Å². The summed E-state index contributed by atoms with van der Waals surface area (Å²) in [6, 6.07) is 5.81. The zero-order valence-corrected chi connectivity index (χ0v) is 8.60. The Hall–Kier alpha value is -1.33. The molecule has 5 heteroatoms. The molecule has 2 rings (SSSR count). The predicted molar refractivity (Wildman–Crippen MR) is 58.6 cm³/mol. The van der Waals surface area contributed by atoms with Crippen LogP contribution in [-0.2, 0) is 0 Å². The number of benzene rings is 1. The third kappa shape index (κ3) is 1.64. The zero-order chi connectivity index (χ0) is 9.97. The summed E-state index contributed by atoms with van der Waals surface area (Å²) < 4.78 is 6.46. The number of fused-ring (bicyclic) bond motifs is 1. The third-order valence-corrected chi connectivity index (χ3v) is 2.74. The average molecular weight is 209 g/mol. The first-order chi connectivity index (χ1) is 6.83. The lowest BCUT2D eigenvalue weighted by Crippen LogP contribution is -2.05. The van der Waals surface area contributed by atoms with Crippen molar-refractivity contribution < 1.29 is 4.74 Å². The summed E-state index contributed by atoms with van der Waals surface area (Å²) in [4.78, 5) is 4.26. The van der Waals surface area contributed by atoms with Gasteiger partial charge >= 0.3 is 0 Å². The Kier molecular flexibility index (Phi) is 2.51. The lowest BCUT2D eigenvalue weighted by atomic mass is 10.3. The van der Waals surface area contributed by atoms with Crippen molar-refractivity contribution in [3.63, 3.8) is 0 Å². The summed E-state index contributed by atoms with van der Waals surface area (Å²) in [6.07, 6.45) is 0. The van der Waals surface area contributed by atoms with Crippen LogP contribution in [0.15, 0.2) is 18.2 Å². The Morgan fingerprint density at radius 1 is 1.57 bits per heavy atom. The molecule has 14 heavy (non-hydrogen) atoms. The number of nitrogens with two attached hydrogens (primary N) is 1. The Balaban J connectivity index is 2.43. The van der Waals surface area contributed by atoms with Crippen molar-refractivity contribution in [1.29, 1.82) is 0 Å². The van der Waals surface area contributed by atoms with Crippen molar-refractivity contribution in [2.24, 2.45) is 5.84 Å². The van der Waals surface area contributed by atoms with Crippen LogP contribution in [0.25, 0.3) is 10.2 Å². The maximum Gasteiger partial charge on any atom is 0.198 e. The van der Waals surface area contributed by atoms with E-state index >= 15 is 0 Å². The van der Waals surface area contributed by atoms with Crippen LogP contribution in [0.5, 0.6) is 5.75 Å². The molecule has 0 spiro atoms. The molecule has 1 heterocycles. The highest BCUT2D eigenvalue weighted by Gasteiger charge is 2.03. The largest absolute Gasteiger partial charge is 0.494 e. The van der Waals surface area contributed by atoms with E-state index in [4.69, 9.17) is 10.6 Å². The molecule has 4 nitrogen and oxygen atoms in total. The summed E-state index contributed by atoms with van der Waals surface area (Å²) in [5.74, 6) is 6.14. The molecule has 3 N–H and O–H groups in total. The van der Waals surface area contributed by atoms with Crippen LogP contribution in [0.2, 0.25) is 0 Å². The van der Waals surface area contributed by atoms with Gasteiger partial charge in [-0.3, -0.25) is 5.43 Å². The van der Waals surface area contributed by atoms with Gasteiger partial charge in [-0.2, -0.15) is 0 Å². The van der Waals surface area contributed by atoms with Gasteiger partial charge in [0.25, 0.3) is 0 Å². The number of hydrazine groups is 1. The van der Waals surface area contributed by atoms with Crippen molar-refractivity contribution in [2.75, 3.05) is 12.0 Å². The van der Waals surface area contributed by atoms with Gasteiger partial charge in [-0.25, -0.2) is 10.8 Å². The number of nitrogen functional groups attached to an aromatic ring is 1. The minimum Gasteiger partial charge on any atom is -0.494 e. The van der Waals surface area contributed by atoms with Gasteiger partial charge in [0.2, 0.25) is 0 Å². The van der Waals surface area contributed by atoms with E-state index in [1.165, 1.54) is 11.3 Å². The van der Waals surface area contributed by atoms with Crippen molar-refractivity contribution in [3.05, 3.63) is 18.2 Å². The van der Waals surface area contributed by atoms with E-state index in [0.717, 1.165) is 16.0 Å². The summed E-state index contributed by atoms with van der Waals surface area (Å²) >= 11 is 1.51. The van der Waals surface area contributed by atoms with E-state index < -0.39 is 0 Å². The number of hydrogen-bond donors (Lipinski definition) is 2. The fourth-order valence-electron chi connectivity index (χ4n) is 1.22.